The predicted octanol–water partition coefficient (Wildman–Crippen LogP) is 2.49. The summed E-state index contributed by atoms with van der Waals surface area (Å²) in [5.41, 5.74) is 0.423. The Hall–Kier alpha value is -1.77. The lowest BCUT2D eigenvalue weighted by Gasteiger charge is -2.44. The van der Waals surface area contributed by atoms with Crippen LogP contribution in [-0.4, -0.2) is 96.7 Å². The lowest BCUT2D eigenvalue weighted by Crippen LogP contribution is -2.58. The molecular formula is C23H33N3O4S. The summed E-state index contributed by atoms with van der Waals surface area (Å²) in [5.74, 6) is 3.18. The van der Waals surface area contributed by atoms with E-state index in [-0.39, 0.29) is 11.9 Å². The Labute approximate surface area is 189 Å². The number of imide groups is 1. The number of piperidine rings is 1. The van der Waals surface area contributed by atoms with Gasteiger partial charge in [0.15, 0.2) is 0 Å². The van der Waals surface area contributed by atoms with Crippen molar-refractivity contribution in [2.24, 2.45) is 0 Å². The van der Waals surface area contributed by atoms with Gasteiger partial charge in [0.1, 0.15) is 11.3 Å². The van der Waals surface area contributed by atoms with Gasteiger partial charge in [-0.15, -0.1) is 0 Å². The molecule has 0 radical (unpaired) electrons. The van der Waals surface area contributed by atoms with Crippen molar-refractivity contribution in [1.29, 1.82) is 0 Å². The van der Waals surface area contributed by atoms with Gasteiger partial charge >= 0.3 is 6.03 Å². The van der Waals surface area contributed by atoms with Gasteiger partial charge in [-0.1, -0.05) is 12.1 Å². The van der Waals surface area contributed by atoms with E-state index in [1.165, 1.54) is 22.8 Å². The third kappa shape index (κ3) is 4.43. The van der Waals surface area contributed by atoms with E-state index in [0.29, 0.717) is 45.0 Å². The summed E-state index contributed by atoms with van der Waals surface area (Å²) in [5, 5.41) is 0. The molecule has 1 unspecified atom stereocenters. The Morgan fingerprint density at radius 3 is 2.45 bits per heavy atom. The minimum absolute atomic E-state index is 0.0373. The molecule has 0 aliphatic carbocycles. The van der Waals surface area contributed by atoms with Gasteiger partial charge in [-0.25, -0.2) is 4.79 Å². The number of benzene rings is 1. The van der Waals surface area contributed by atoms with Crippen molar-refractivity contribution in [3.05, 3.63) is 29.8 Å². The van der Waals surface area contributed by atoms with Crippen molar-refractivity contribution < 1.29 is 19.1 Å². The maximum absolute atomic E-state index is 13.5. The van der Waals surface area contributed by atoms with Gasteiger partial charge in [-0.3, -0.25) is 14.6 Å². The second-order valence-corrected chi connectivity index (χ2v) is 9.72. The molecule has 31 heavy (non-hydrogen) atoms. The molecule has 3 amide bonds. The van der Waals surface area contributed by atoms with Crippen molar-refractivity contribution >= 4 is 23.7 Å². The molecule has 8 heteroatoms. The first-order valence-electron chi connectivity index (χ1n) is 11.2. The summed E-state index contributed by atoms with van der Waals surface area (Å²) in [6.45, 7) is 2.98. The molecule has 0 bridgehead atoms. The zero-order valence-corrected chi connectivity index (χ0v) is 19.4. The Morgan fingerprint density at radius 2 is 1.84 bits per heavy atom. The summed E-state index contributed by atoms with van der Waals surface area (Å²) in [6.07, 6.45) is 3.37. The minimum atomic E-state index is -0.709. The second kappa shape index (κ2) is 9.79. The van der Waals surface area contributed by atoms with Gasteiger partial charge in [0.2, 0.25) is 0 Å². The summed E-state index contributed by atoms with van der Waals surface area (Å²) >= 11 is 2.01. The average Bonchev–Trinajstić information content (AvgIpc) is 3.40. The Kier molecular flexibility index (Phi) is 7.08. The predicted molar refractivity (Wildman–Crippen MR) is 122 cm³/mol. The van der Waals surface area contributed by atoms with Crippen LogP contribution in [0.25, 0.3) is 0 Å². The first kappa shape index (κ1) is 22.4. The smallest absolute Gasteiger partial charge is 0.327 e. The zero-order chi connectivity index (χ0) is 21.8. The molecule has 3 aliphatic rings. The van der Waals surface area contributed by atoms with Crippen LogP contribution in [0.15, 0.2) is 24.3 Å². The number of carbonyl (C=O) groups is 2. The number of methoxy groups -OCH3 is 2. The molecule has 0 aromatic heterocycles. The molecule has 1 spiro atoms. The number of likely N-dealkylation sites (tertiary alicyclic amines) is 1. The summed E-state index contributed by atoms with van der Waals surface area (Å²) in [4.78, 5) is 32.6. The largest absolute Gasteiger partial charge is 0.497 e. The van der Waals surface area contributed by atoms with E-state index >= 15 is 0 Å². The number of hydrogen-bond donors (Lipinski definition) is 0. The molecule has 4 rings (SSSR count). The van der Waals surface area contributed by atoms with Crippen molar-refractivity contribution in [3.8, 4) is 5.75 Å². The number of amides is 3. The average molecular weight is 448 g/mol. The monoisotopic (exact) mass is 447 g/mol. The fourth-order valence-electron chi connectivity index (χ4n) is 5.06. The Bertz CT molecular complexity index is 774. The van der Waals surface area contributed by atoms with Gasteiger partial charge in [-0.2, -0.15) is 11.8 Å². The van der Waals surface area contributed by atoms with E-state index < -0.39 is 5.54 Å². The molecule has 170 valence electrons. The number of hydrogen-bond acceptors (Lipinski definition) is 6. The fourth-order valence-corrected chi connectivity index (χ4v) is 6.31. The molecule has 3 heterocycles. The number of ether oxygens (including phenoxy) is 2. The number of carbonyl (C=O) groups excluding carboxylic acids is 2. The van der Waals surface area contributed by atoms with Crippen molar-refractivity contribution in [2.45, 2.75) is 37.3 Å². The van der Waals surface area contributed by atoms with Crippen LogP contribution in [0.1, 0.15) is 24.8 Å². The SMILES string of the molecule is COCCN1C(=O)N(CCc2ccc(OC)cc2)C2(CCN(C3CCSC3)CC2)C1=O. The molecule has 1 atom stereocenters. The van der Waals surface area contributed by atoms with Crippen LogP contribution in [0.3, 0.4) is 0 Å². The lowest BCUT2D eigenvalue weighted by atomic mass is 9.85. The third-order valence-electron chi connectivity index (χ3n) is 6.97. The second-order valence-electron chi connectivity index (χ2n) is 8.57. The van der Waals surface area contributed by atoms with E-state index in [0.717, 1.165) is 24.4 Å². The molecule has 3 saturated heterocycles. The topological polar surface area (TPSA) is 62.3 Å². The van der Waals surface area contributed by atoms with Crippen LogP contribution in [0.2, 0.25) is 0 Å². The molecule has 1 aromatic carbocycles. The molecule has 0 N–H and O–H groups in total. The quantitative estimate of drug-likeness (QED) is 0.571. The fraction of sp³-hybridized carbons (Fsp3) is 0.652. The molecule has 1 aromatic rings. The maximum Gasteiger partial charge on any atom is 0.327 e. The number of rotatable bonds is 8. The van der Waals surface area contributed by atoms with Gasteiger partial charge in [0.25, 0.3) is 5.91 Å². The van der Waals surface area contributed by atoms with E-state index in [9.17, 15) is 9.59 Å². The molecule has 7 nitrogen and oxygen atoms in total. The van der Waals surface area contributed by atoms with Gasteiger partial charge in [0.05, 0.1) is 20.3 Å². The number of nitrogens with zero attached hydrogens (tertiary/aromatic N) is 3. The molecule has 0 saturated carbocycles. The summed E-state index contributed by atoms with van der Waals surface area (Å²) < 4.78 is 10.4. The highest BCUT2D eigenvalue weighted by molar-refractivity contribution is 7.99. The van der Waals surface area contributed by atoms with Crippen molar-refractivity contribution in [3.63, 3.8) is 0 Å². The number of thioether (sulfide) groups is 1. The van der Waals surface area contributed by atoms with Crippen molar-refractivity contribution in [2.75, 3.05) is 58.5 Å². The number of urea groups is 1. The normalized spacial score (nSPS) is 23.9. The van der Waals surface area contributed by atoms with Gasteiger partial charge < -0.3 is 14.4 Å². The highest BCUT2D eigenvalue weighted by Crippen LogP contribution is 2.39. The standard InChI is InChI=1S/C23H33N3O4S/c1-29-15-14-25-21(27)23(9-12-24(13-10-23)19-8-16-31-17-19)26(22(25)28)11-7-18-3-5-20(30-2)6-4-18/h3-6,19H,7-17H2,1-2H3. The van der Waals surface area contributed by atoms with E-state index in [1.54, 1.807) is 14.2 Å². The Morgan fingerprint density at radius 1 is 1.10 bits per heavy atom. The zero-order valence-electron chi connectivity index (χ0n) is 18.5. The third-order valence-corrected chi connectivity index (χ3v) is 8.12. The summed E-state index contributed by atoms with van der Waals surface area (Å²) in [7, 11) is 3.25. The molecular weight excluding hydrogens is 414 g/mol. The molecule has 3 aliphatic heterocycles. The van der Waals surface area contributed by atoms with Gasteiger partial charge in [-0.05, 0) is 49.1 Å². The van der Waals surface area contributed by atoms with E-state index in [1.807, 2.05) is 40.9 Å². The highest BCUT2D eigenvalue weighted by Gasteiger charge is 2.57. The maximum atomic E-state index is 13.5. The molecule has 3 fully saturated rings. The highest BCUT2D eigenvalue weighted by atomic mass is 32.2. The lowest BCUT2D eigenvalue weighted by molar-refractivity contribution is -0.136. The minimum Gasteiger partial charge on any atom is -0.497 e. The summed E-state index contributed by atoms with van der Waals surface area (Å²) in [6, 6.07) is 8.37. The van der Waals surface area contributed by atoms with Crippen LogP contribution < -0.4 is 4.74 Å². The van der Waals surface area contributed by atoms with Crippen LogP contribution in [0.4, 0.5) is 4.79 Å². The van der Waals surface area contributed by atoms with Crippen LogP contribution in [0.5, 0.6) is 5.75 Å². The van der Waals surface area contributed by atoms with Crippen LogP contribution in [-0.2, 0) is 16.0 Å². The van der Waals surface area contributed by atoms with Gasteiger partial charge in [0, 0.05) is 38.5 Å². The van der Waals surface area contributed by atoms with Crippen LogP contribution in [0, 0.1) is 0 Å². The first-order valence-corrected chi connectivity index (χ1v) is 12.3. The van der Waals surface area contributed by atoms with E-state index in [4.69, 9.17) is 9.47 Å². The van der Waals surface area contributed by atoms with Crippen molar-refractivity contribution in [1.82, 2.24) is 14.7 Å². The Balaban J connectivity index is 1.49. The first-order chi connectivity index (χ1) is 15.1. The van der Waals surface area contributed by atoms with Crippen LogP contribution >= 0.6 is 11.8 Å². The van der Waals surface area contributed by atoms with E-state index in [2.05, 4.69) is 4.90 Å².